The Labute approximate surface area is 150 Å². The summed E-state index contributed by atoms with van der Waals surface area (Å²) in [6.45, 7) is 1.53. The highest BCUT2D eigenvalue weighted by molar-refractivity contribution is 6.30. The summed E-state index contributed by atoms with van der Waals surface area (Å²) in [6, 6.07) is 8.39. The minimum absolute atomic E-state index is 0.558. The molecule has 7 heteroatoms. The first-order valence-electron chi connectivity index (χ1n) is 7.73. The molecule has 0 fully saturated rings. The predicted octanol–water partition coefficient (Wildman–Crippen LogP) is 2.58. The summed E-state index contributed by atoms with van der Waals surface area (Å²) >= 11 is 6.11. The summed E-state index contributed by atoms with van der Waals surface area (Å²) < 4.78 is 2.24. The van der Waals surface area contributed by atoms with E-state index in [9.17, 15) is 9.59 Å². The van der Waals surface area contributed by atoms with Gasteiger partial charge >= 0.3 is 11.9 Å². The number of aliphatic carboxylic acids is 2. The van der Waals surface area contributed by atoms with E-state index in [1.54, 1.807) is 0 Å². The van der Waals surface area contributed by atoms with Gasteiger partial charge in [0, 0.05) is 42.0 Å². The van der Waals surface area contributed by atoms with Gasteiger partial charge in [0.2, 0.25) is 0 Å². The third-order valence-electron chi connectivity index (χ3n) is 3.78. The molecule has 132 valence electrons. The first kappa shape index (κ1) is 18.8. The van der Waals surface area contributed by atoms with Gasteiger partial charge in [-0.25, -0.2) is 9.59 Å². The minimum atomic E-state index is -1.26. The van der Waals surface area contributed by atoms with Crippen LogP contribution in [0.25, 0.3) is 11.3 Å². The van der Waals surface area contributed by atoms with E-state index in [1.165, 1.54) is 22.4 Å². The van der Waals surface area contributed by atoms with Gasteiger partial charge in [-0.15, -0.1) is 0 Å². The number of hydrogen-bond acceptors (Lipinski definition) is 3. The number of rotatable bonds is 4. The van der Waals surface area contributed by atoms with Crippen molar-refractivity contribution in [1.82, 2.24) is 4.57 Å². The number of nitrogens with two attached hydrogens (primary N) is 1. The van der Waals surface area contributed by atoms with Crippen LogP contribution in [0.4, 0.5) is 0 Å². The zero-order valence-electron chi connectivity index (χ0n) is 13.5. The van der Waals surface area contributed by atoms with E-state index in [0.717, 1.165) is 24.4 Å². The Balaban J connectivity index is 0.000000242. The Bertz CT molecular complexity index is 795. The Kier molecular flexibility index (Phi) is 6.38. The van der Waals surface area contributed by atoms with Gasteiger partial charge in [0.15, 0.2) is 0 Å². The molecule has 0 aliphatic heterocycles. The molecule has 4 N–H and O–H groups in total. The van der Waals surface area contributed by atoms with Crippen molar-refractivity contribution >= 4 is 23.5 Å². The standard InChI is InChI=1S/C14H15ClN2.C4H4O4/c15-12-4-3-10-1-2-11-5-7-17(8-6-16)14(11)13(10)9-12;5-3(6)1-2-4(7)8/h3-5,7,9H,1-2,6,8,16H2;1-2H,(H,5,6)(H,7,8)/b;2-1+. The molecule has 25 heavy (non-hydrogen) atoms. The highest BCUT2D eigenvalue weighted by atomic mass is 35.5. The van der Waals surface area contributed by atoms with Crippen molar-refractivity contribution in [2.75, 3.05) is 6.54 Å². The van der Waals surface area contributed by atoms with Crippen molar-refractivity contribution in [2.45, 2.75) is 19.4 Å². The molecule has 1 heterocycles. The maximum absolute atomic E-state index is 9.55. The number of fused-ring (bicyclic) bond motifs is 3. The van der Waals surface area contributed by atoms with Gasteiger partial charge < -0.3 is 20.5 Å². The molecule has 0 amide bonds. The SMILES string of the molecule is NCCn1ccc2c1-c1cc(Cl)ccc1CC2.O=C(O)/C=C/C(=O)O. The third kappa shape index (κ3) is 4.95. The molecule has 1 aromatic carbocycles. The first-order chi connectivity index (χ1) is 11.9. The summed E-state index contributed by atoms with van der Waals surface area (Å²) in [7, 11) is 0. The molecule has 1 aromatic heterocycles. The fourth-order valence-electron chi connectivity index (χ4n) is 2.77. The molecule has 1 aliphatic rings. The molecule has 2 aromatic rings. The van der Waals surface area contributed by atoms with E-state index >= 15 is 0 Å². The molecule has 0 bridgehead atoms. The molecule has 0 spiro atoms. The summed E-state index contributed by atoms with van der Waals surface area (Å²) in [5.74, 6) is -2.51. The number of nitrogens with zero attached hydrogens (tertiary/aromatic N) is 1. The van der Waals surface area contributed by atoms with Crippen LogP contribution in [0.1, 0.15) is 11.1 Å². The van der Waals surface area contributed by atoms with E-state index < -0.39 is 11.9 Å². The van der Waals surface area contributed by atoms with Gasteiger partial charge in [-0.2, -0.15) is 0 Å². The van der Waals surface area contributed by atoms with Gasteiger partial charge in [0.1, 0.15) is 0 Å². The smallest absolute Gasteiger partial charge is 0.328 e. The minimum Gasteiger partial charge on any atom is -0.478 e. The lowest BCUT2D eigenvalue weighted by Crippen LogP contribution is -2.12. The van der Waals surface area contributed by atoms with E-state index in [1.807, 2.05) is 6.07 Å². The lowest BCUT2D eigenvalue weighted by atomic mass is 9.90. The molecular weight excluding hydrogens is 344 g/mol. The largest absolute Gasteiger partial charge is 0.478 e. The predicted molar refractivity (Wildman–Crippen MR) is 95.8 cm³/mol. The van der Waals surface area contributed by atoms with Crippen molar-refractivity contribution in [2.24, 2.45) is 5.73 Å². The lowest BCUT2D eigenvalue weighted by molar-refractivity contribution is -0.134. The van der Waals surface area contributed by atoms with Crippen molar-refractivity contribution in [3.63, 3.8) is 0 Å². The average molecular weight is 363 g/mol. The highest BCUT2D eigenvalue weighted by Gasteiger charge is 2.19. The molecule has 0 saturated heterocycles. The fraction of sp³-hybridized carbons (Fsp3) is 0.222. The van der Waals surface area contributed by atoms with Crippen molar-refractivity contribution in [3.05, 3.63) is 58.8 Å². The summed E-state index contributed by atoms with van der Waals surface area (Å²) in [5, 5.41) is 16.4. The van der Waals surface area contributed by atoms with Crippen LogP contribution in [-0.2, 0) is 29.0 Å². The van der Waals surface area contributed by atoms with E-state index in [4.69, 9.17) is 27.5 Å². The zero-order chi connectivity index (χ0) is 18.4. The second-order valence-corrected chi connectivity index (χ2v) is 5.92. The van der Waals surface area contributed by atoms with Crippen LogP contribution in [-0.4, -0.2) is 33.3 Å². The van der Waals surface area contributed by atoms with Gasteiger partial charge in [-0.1, -0.05) is 17.7 Å². The number of halogens is 1. The van der Waals surface area contributed by atoms with Crippen molar-refractivity contribution < 1.29 is 19.8 Å². The van der Waals surface area contributed by atoms with Gasteiger partial charge in [-0.3, -0.25) is 0 Å². The molecule has 6 nitrogen and oxygen atoms in total. The Morgan fingerprint density at radius 2 is 1.76 bits per heavy atom. The first-order valence-corrected chi connectivity index (χ1v) is 8.11. The van der Waals surface area contributed by atoms with Gasteiger partial charge in [0.25, 0.3) is 0 Å². The molecule has 1 aliphatic carbocycles. The van der Waals surface area contributed by atoms with Crippen LogP contribution >= 0.6 is 11.6 Å². The number of aromatic nitrogens is 1. The summed E-state index contributed by atoms with van der Waals surface area (Å²) in [4.78, 5) is 19.1. The maximum Gasteiger partial charge on any atom is 0.328 e. The van der Waals surface area contributed by atoms with Crippen molar-refractivity contribution in [1.29, 1.82) is 0 Å². The van der Waals surface area contributed by atoms with E-state index in [-0.39, 0.29) is 0 Å². The van der Waals surface area contributed by atoms with Gasteiger partial charge in [-0.05, 0) is 42.2 Å². The lowest BCUT2D eigenvalue weighted by Gasteiger charge is -2.19. The van der Waals surface area contributed by atoms with Crippen LogP contribution in [0, 0.1) is 0 Å². The van der Waals surface area contributed by atoms with E-state index in [2.05, 4.69) is 29.0 Å². The second kappa shape index (κ2) is 8.50. The van der Waals surface area contributed by atoms with Crippen LogP contribution < -0.4 is 5.73 Å². The number of hydrogen-bond donors (Lipinski definition) is 3. The number of benzene rings is 1. The molecule has 0 atom stereocenters. The normalized spacial score (nSPS) is 12.1. The Morgan fingerprint density at radius 1 is 1.12 bits per heavy atom. The van der Waals surface area contributed by atoms with Gasteiger partial charge in [0.05, 0.1) is 5.69 Å². The molecule has 0 saturated carbocycles. The third-order valence-corrected chi connectivity index (χ3v) is 4.01. The topological polar surface area (TPSA) is 106 Å². The molecule has 0 radical (unpaired) electrons. The van der Waals surface area contributed by atoms with Crippen LogP contribution in [0.5, 0.6) is 0 Å². The van der Waals surface area contributed by atoms with Crippen molar-refractivity contribution in [3.8, 4) is 11.3 Å². The summed E-state index contributed by atoms with van der Waals surface area (Å²) in [6.07, 6.45) is 5.46. The molecule has 3 rings (SSSR count). The number of carboxylic acid groups (broad SMARTS) is 2. The van der Waals surface area contributed by atoms with Crippen LogP contribution in [0.3, 0.4) is 0 Å². The fourth-order valence-corrected chi connectivity index (χ4v) is 2.94. The van der Waals surface area contributed by atoms with Crippen LogP contribution in [0.15, 0.2) is 42.6 Å². The molecule has 0 unspecified atom stereocenters. The van der Waals surface area contributed by atoms with Crippen LogP contribution in [0.2, 0.25) is 5.02 Å². The maximum atomic E-state index is 9.55. The Morgan fingerprint density at radius 3 is 2.36 bits per heavy atom. The number of carboxylic acids is 2. The average Bonchev–Trinajstić information content (AvgIpc) is 2.97. The highest BCUT2D eigenvalue weighted by Crippen LogP contribution is 2.35. The molecular formula is C18H19ClN2O4. The number of aryl methyl sites for hydroxylation is 2. The quantitative estimate of drug-likeness (QED) is 0.725. The van der Waals surface area contributed by atoms with E-state index in [0.29, 0.717) is 18.7 Å². The Hall–Kier alpha value is -2.57. The second-order valence-electron chi connectivity index (χ2n) is 5.48. The number of carbonyl (C=O) groups is 2. The zero-order valence-corrected chi connectivity index (χ0v) is 14.2. The monoisotopic (exact) mass is 362 g/mol. The summed E-state index contributed by atoms with van der Waals surface area (Å²) in [5.41, 5.74) is 11.0.